The molecule has 0 aliphatic heterocycles. The van der Waals surface area contributed by atoms with E-state index in [0.29, 0.717) is 5.39 Å². The molecule has 0 N–H and O–H groups in total. The molecular formula is C10H9Cl2NO2S. The van der Waals surface area contributed by atoms with E-state index >= 15 is 0 Å². The van der Waals surface area contributed by atoms with E-state index in [1.54, 1.807) is 31.5 Å². The maximum atomic E-state index is 11.3. The van der Waals surface area contributed by atoms with Gasteiger partial charge in [-0.25, -0.2) is 8.42 Å². The summed E-state index contributed by atoms with van der Waals surface area (Å²) in [7, 11) is 1.65. The van der Waals surface area contributed by atoms with E-state index in [9.17, 15) is 8.42 Å². The lowest BCUT2D eigenvalue weighted by atomic mass is 10.1. The van der Waals surface area contributed by atoms with Gasteiger partial charge in [0.05, 0.1) is 4.90 Å². The van der Waals surface area contributed by atoms with Crippen molar-refractivity contribution in [2.24, 2.45) is 0 Å². The van der Waals surface area contributed by atoms with Crippen LogP contribution in [-0.4, -0.2) is 13.4 Å². The van der Waals surface area contributed by atoms with Crippen molar-refractivity contribution < 1.29 is 8.42 Å². The molecule has 2 rings (SSSR count). The van der Waals surface area contributed by atoms with E-state index in [0.717, 1.165) is 10.9 Å². The summed E-state index contributed by atoms with van der Waals surface area (Å²) < 4.78 is 22.7. The summed E-state index contributed by atoms with van der Waals surface area (Å²) in [5.41, 5.74) is 0.798. The van der Waals surface area contributed by atoms with Crippen LogP contribution in [-0.2, 0) is 9.05 Å². The number of aromatic nitrogens is 1. The molecule has 0 unspecified atom stereocenters. The Morgan fingerprint density at radius 1 is 1.25 bits per heavy atom. The summed E-state index contributed by atoms with van der Waals surface area (Å²) in [6.07, 6.45) is 3.24. The Hall–Kier alpha value is -0.840. The maximum Gasteiger partial charge on any atom is 0.261 e. The maximum absolute atomic E-state index is 11.3. The van der Waals surface area contributed by atoms with Gasteiger partial charge in [-0.15, -0.1) is 12.4 Å². The topological polar surface area (TPSA) is 47.0 Å². The van der Waals surface area contributed by atoms with Gasteiger partial charge in [0, 0.05) is 33.8 Å². The smallest absolute Gasteiger partial charge is 0.261 e. The Bertz CT molecular complexity index is 621. The average molecular weight is 278 g/mol. The number of fused-ring (bicyclic) bond motifs is 1. The van der Waals surface area contributed by atoms with Crippen molar-refractivity contribution in [1.82, 2.24) is 4.98 Å². The lowest BCUT2D eigenvalue weighted by molar-refractivity contribution is 0.610. The van der Waals surface area contributed by atoms with Gasteiger partial charge in [-0.3, -0.25) is 4.98 Å². The van der Waals surface area contributed by atoms with Gasteiger partial charge in [-0.1, -0.05) is 12.1 Å². The molecule has 0 fully saturated rings. The number of hydrogen-bond donors (Lipinski definition) is 0. The molecule has 0 saturated carbocycles. The van der Waals surface area contributed by atoms with Crippen molar-refractivity contribution in [2.75, 3.05) is 0 Å². The predicted molar refractivity (Wildman–Crippen MR) is 66.8 cm³/mol. The van der Waals surface area contributed by atoms with Crippen molar-refractivity contribution in [2.45, 2.75) is 11.8 Å². The molecule has 1 aromatic carbocycles. The van der Waals surface area contributed by atoms with Crippen LogP contribution in [0.15, 0.2) is 35.5 Å². The molecule has 1 aromatic heterocycles. The highest BCUT2D eigenvalue weighted by Crippen LogP contribution is 2.27. The van der Waals surface area contributed by atoms with Crippen molar-refractivity contribution in [1.29, 1.82) is 0 Å². The van der Waals surface area contributed by atoms with Gasteiger partial charge in [-0.05, 0) is 18.6 Å². The molecule has 0 amide bonds. The molecule has 1 heterocycles. The van der Waals surface area contributed by atoms with Crippen LogP contribution in [0, 0.1) is 6.92 Å². The summed E-state index contributed by atoms with van der Waals surface area (Å²) in [5, 5.41) is 1.42. The standard InChI is InChI=1S/C10H8ClNO2S.ClH/c1-7-5-12-6-8-3-2-4-9(10(7)8)15(11,13)14;/h2-6H,1H3;1H. The van der Waals surface area contributed by atoms with E-state index in [4.69, 9.17) is 10.7 Å². The monoisotopic (exact) mass is 277 g/mol. The number of rotatable bonds is 1. The van der Waals surface area contributed by atoms with E-state index < -0.39 is 9.05 Å². The first-order valence-corrected chi connectivity index (χ1v) is 6.59. The fourth-order valence-corrected chi connectivity index (χ4v) is 2.72. The second-order valence-electron chi connectivity index (χ2n) is 3.25. The molecule has 16 heavy (non-hydrogen) atoms. The van der Waals surface area contributed by atoms with E-state index in [-0.39, 0.29) is 17.3 Å². The molecule has 0 atom stereocenters. The molecule has 86 valence electrons. The van der Waals surface area contributed by atoms with Crippen molar-refractivity contribution >= 4 is 42.9 Å². The van der Waals surface area contributed by atoms with Crippen LogP contribution < -0.4 is 0 Å². The molecule has 0 saturated heterocycles. The quantitative estimate of drug-likeness (QED) is 0.753. The van der Waals surface area contributed by atoms with Gasteiger partial charge in [0.2, 0.25) is 0 Å². The normalized spacial score (nSPS) is 11.1. The fraction of sp³-hybridized carbons (Fsp3) is 0.100. The van der Waals surface area contributed by atoms with Gasteiger partial charge in [0.15, 0.2) is 0 Å². The van der Waals surface area contributed by atoms with Crippen LogP contribution in [0.2, 0.25) is 0 Å². The zero-order valence-corrected chi connectivity index (χ0v) is 10.7. The third-order valence-electron chi connectivity index (χ3n) is 2.20. The Morgan fingerprint density at radius 3 is 2.56 bits per heavy atom. The third kappa shape index (κ3) is 2.29. The summed E-state index contributed by atoms with van der Waals surface area (Å²) in [6.45, 7) is 1.81. The van der Waals surface area contributed by atoms with E-state index in [1.165, 1.54) is 6.07 Å². The molecule has 0 radical (unpaired) electrons. The van der Waals surface area contributed by atoms with E-state index in [2.05, 4.69) is 4.98 Å². The van der Waals surface area contributed by atoms with Crippen LogP contribution in [0.4, 0.5) is 0 Å². The number of hydrogen-bond acceptors (Lipinski definition) is 3. The lowest BCUT2D eigenvalue weighted by Gasteiger charge is -2.05. The van der Waals surface area contributed by atoms with Crippen LogP contribution in [0.1, 0.15) is 5.56 Å². The SMILES string of the molecule is Cc1cncc2cccc(S(=O)(=O)Cl)c12.Cl. The summed E-state index contributed by atoms with van der Waals surface area (Å²) in [4.78, 5) is 4.14. The number of nitrogens with zero attached hydrogens (tertiary/aromatic N) is 1. The molecule has 0 aliphatic carbocycles. The minimum Gasteiger partial charge on any atom is -0.264 e. The van der Waals surface area contributed by atoms with Gasteiger partial charge >= 0.3 is 0 Å². The minimum atomic E-state index is -3.71. The molecule has 2 aromatic rings. The Balaban J connectivity index is 0.00000128. The summed E-state index contributed by atoms with van der Waals surface area (Å²) >= 11 is 0. The number of aryl methyl sites for hydroxylation is 1. The molecule has 6 heteroatoms. The first-order valence-electron chi connectivity index (χ1n) is 4.28. The Labute approximate surface area is 104 Å². The summed E-state index contributed by atoms with van der Waals surface area (Å²) in [6, 6.07) is 4.96. The van der Waals surface area contributed by atoms with Gasteiger partial charge in [0.25, 0.3) is 9.05 Å². The van der Waals surface area contributed by atoms with Gasteiger partial charge < -0.3 is 0 Å². The van der Waals surface area contributed by atoms with Crippen molar-refractivity contribution in [3.63, 3.8) is 0 Å². The predicted octanol–water partition coefficient (Wildman–Crippen LogP) is 2.89. The van der Waals surface area contributed by atoms with E-state index in [1.807, 2.05) is 0 Å². The largest absolute Gasteiger partial charge is 0.264 e. The zero-order chi connectivity index (χ0) is 11.1. The Morgan fingerprint density at radius 2 is 1.94 bits per heavy atom. The van der Waals surface area contributed by atoms with Crippen LogP contribution in [0.3, 0.4) is 0 Å². The minimum absolute atomic E-state index is 0. The highest BCUT2D eigenvalue weighted by atomic mass is 35.7. The molecular weight excluding hydrogens is 269 g/mol. The first-order chi connectivity index (χ1) is 7.00. The third-order valence-corrected chi connectivity index (χ3v) is 3.56. The average Bonchev–Trinajstić information content (AvgIpc) is 2.16. The van der Waals surface area contributed by atoms with Crippen LogP contribution >= 0.6 is 23.1 Å². The highest BCUT2D eigenvalue weighted by molar-refractivity contribution is 8.14. The van der Waals surface area contributed by atoms with Gasteiger partial charge in [-0.2, -0.15) is 0 Å². The lowest BCUT2D eigenvalue weighted by Crippen LogP contribution is -1.94. The number of benzene rings is 1. The van der Waals surface area contributed by atoms with Gasteiger partial charge in [0.1, 0.15) is 0 Å². The molecule has 0 spiro atoms. The van der Waals surface area contributed by atoms with Crippen molar-refractivity contribution in [3.05, 3.63) is 36.2 Å². The van der Waals surface area contributed by atoms with Crippen LogP contribution in [0.5, 0.6) is 0 Å². The van der Waals surface area contributed by atoms with Crippen molar-refractivity contribution in [3.8, 4) is 0 Å². The summed E-state index contributed by atoms with van der Waals surface area (Å²) in [5.74, 6) is 0. The zero-order valence-electron chi connectivity index (χ0n) is 8.34. The van der Waals surface area contributed by atoms with Crippen LogP contribution in [0.25, 0.3) is 10.8 Å². The first kappa shape index (κ1) is 13.2. The number of pyridine rings is 1. The highest BCUT2D eigenvalue weighted by Gasteiger charge is 2.15. The fourth-order valence-electron chi connectivity index (χ4n) is 1.57. The Kier molecular flexibility index (Phi) is 3.78. The molecule has 3 nitrogen and oxygen atoms in total. The second-order valence-corrected chi connectivity index (χ2v) is 5.78. The second kappa shape index (κ2) is 4.57. The number of halogens is 2. The molecule has 0 bridgehead atoms. The molecule has 0 aliphatic rings.